The molecule has 2 nitrogen and oxygen atoms in total. The molecule has 0 atom stereocenters. The lowest BCUT2D eigenvalue weighted by Crippen LogP contribution is -1.94. The number of methoxy groups -OCH3 is 1. The van der Waals surface area contributed by atoms with E-state index in [9.17, 15) is 4.39 Å². The molecule has 19 heavy (non-hydrogen) atoms. The molecule has 0 fully saturated rings. The predicted molar refractivity (Wildman–Crippen MR) is 78.1 cm³/mol. The van der Waals surface area contributed by atoms with Crippen molar-refractivity contribution in [2.45, 2.75) is 17.6 Å². The number of benzene rings is 2. The van der Waals surface area contributed by atoms with E-state index in [1.54, 1.807) is 30.0 Å². The standard InChI is InChI=1S/C15H16FNOS/c1-10-12(17)6-4-8-14(10)19-9-11-5-3-7-13(18-2)15(11)16/h3-8H,9,17H2,1-2H3. The molecule has 0 bridgehead atoms. The Morgan fingerprint density at radius 1 is 1.21 bits per heavy atom. The largest absolute Gasteiger partial charge is 0.494 e. The number of nitrogen functional groups attached to an aromatic ring is 1. The van der Waals surface area contributed by atoms with Gasteiger partial charge in [0, 0.05) is 21.9 Å². The highest BCUT2D eigenvalue weighted by atomic mass is 32.2. The highest BCUT2D eigenvalue weighted by molar-refractivity contribution is 7.98. The van der Waals surface area contributed by atoms with Gasteiger partial charge in [-0.15, -0.1) is 11.8 Å². The van der Waals surface area contributed by atoms with Gasteiger partial charge in [-0.25, -0.2) is 4.39 Å². The summed E-state index contributed by atoms with van der Waals surface area (Å²) in [7, 11) is 1.47. The van der Waals surface area contributed by atoms with Crippen molar-refractivity contribution in [2.75, 3.05) is 12.8 Å². The normalized spacial score (nSPS) is 10.5. The monoisotopic (exact) mass is 277 g/mol. The first-order valence-electron chi connectivity index (χ1n) is 5.92. The zero-order valence-electron chi connectivity index (χ0n) is 10.9. The van der Waals surface area contributed by atoms with Gasteiger partial charge in [0.2, 0.25) is 0 Å². The van der Waals surface area contributed by atoms with Crippen LogP contribution in [0.4, 0.5) is 10.1 Å². The number of rotatable bonds is 4. The van der Waals surface area contributed by atoms with E-state index in [-0.39, 0.29) is 11.6 Å². The summed E-state index contributed by atoms with van der Waals surface area (Å²) in [6, 6.07) is 11.0. The molecule has 0 aliphatic carbocycles. The summed E-state index contributed by atoms with van der Waals surface area (Å²) >= 11 is 1.57. The van der Waals surface area contributed by atoms with Gasteiger partial charge in [-0.2, -0.15) is 0 Å². The molecule has 0 saturated carbocycles. The molecular formula is C15H16FNOS. The van der Waals surface area contributed by atoms with Gasteiger partial charge in [0.05, 0.1) is 7.11 Å². The molecule has 0 saturated heterocycles. The molecule has 2 aromatic carbocycles. The van der Waals surface area contributed by atoms with Crippen molar-refractivity contribution in [3.63, 3.8) is 0 Å². The molecule has 2 aromatic rings. The third kappa shape index (κ3) is 3.01. The van der Waals surface area contributed by atoms with Gasteiger partial charge in [-0.1, -0.05) is 18.2 Å². The fourth-order valence-electron chi connectivity index (χ4n) is 1.77. The molecule has 2 rings (SSSR count). The maximum atomic E-state index is 14.0. The van der Waals surface area contributed by atoms with E-state index in [1.807, 2.05) is 25.1 Å². The molecular weight excluding hydrogens is 261 g/mol. The number of halogens is 1. The third-order valence-corrected chi connectivity index (χ3v) is 4.18. The van der Waals surface area contributed by atoms with Gasteiger partial charge in [-0.05, 0) is 30.7 Å². The van der Waals surface area contributed by atoms with Gasteiger partial charge in [-0.3, -0.25) is 0 Å². The van der Waals surface area contributed by atoms with Crippen molar-refractivity contribution in [3.8, 4) is 5.75 Å². The van der Waals surface area contributed by atoms with Crippen molar-refractivity contribution in [1.29, 1.82) is 0 Å². The van der Waals surface area contributed by atoms with Crippen LogP contribution in [0.25, 0.3) is 0 Å². The minimum atomic E-state index is -0.293. The van der Waals surface area contributed by atoms with E-state index in [2.05, 4.69) is 0 Å². The summed E-state index contributed by atoms with van der Waals surface area (Å²) in [6.45, 7) is 1.97. The lowest BCUT2D eigenvalue weighted by atomic mass is 10.2. The van der Waals surface area contributed by atoms with Crippen molar-refractivity contribution >= 4 is 17.4 Å². The molecule has 0 heterocycles. The lowest BCUT2D eigenvalue weighted by Gasteiger charge is -2.10. The Hall–Kier alpha value is -1.68. The number of nitrogens with two attached hydrogens (primary N) is 1. The lowest BCUT2D eigenvalue weighted by molar-refractivity contribution is 0.385. The SMILES string of the molecule is COc1cccc(CSc2cccc(N)c2C)c1F. The molecule has 0 radical (unpaired) electrons. The van der Waals surface area contributed by atoms with Gasteiger partial charge >= 0.3 is 0 Å². The fraction of sp³-hybridized carbons (Fsp3) is 0.200. The minimum Gasteiger partial charge on any atom is -0.494 e. The average molecular weight is 277 g/mol. The van der Waals surface area contributed by atoms with Crippen LogP contribution in [0.15, 0.2) is 41.3 Å². The van der Waals surface area contributed by atoms with Crippen LogP contribution in [0.1, 0.15) is 11.1 Å². The van der Waals surface area contributed by atoms with Crippen LogP contribution < -0.4 is 10.5 Å². The first-order valence-corrected chi connectivity index (χ1v) is 6.91. The van der Waals surface area contributed by atoms with E-state index in [0.717, 1.165) is 16.1 Å². The summed E-state index contributed by atoms with van der Waals surface area (Å²) in [5.41, 5.74) is 8.29. The van der Waals surface area contributed by atoms with Crippen LogP contribution in [0, 0.1) is 12.7 Å². The van der Waals surface area contributed by atoms with Crippen molar-refractivity contribution in [1.82, 2.24) is 0 Å². The van der Waals surface area contributed by atoms with Crippen LogP contribution in [0.2, 0.25) is 0 Å². The molecule has 0 aromatic heterocycles. The number of thioether (sulfide) groups is 1. The van der Waals surface area contributed by atoms with E-state index >= 15 is 0 Å². The average Bonchev–Trinajstić information content (AvgIpc) is 2.42. The zero-order valence-corrected chi connectivity index (χ0v) is 11.8. The number of hydrogen-bond donors (Lipinski definition) is 1. The van der Waals surface area contributed by atoms with Crippen LogP contribution in [0.5, 0.6) is 5.75 Å². The topological polar surface area (TPSA) is 35.2 Å². The Morgan fingerprint density at radius 2 is 1.95 bits per heavy atom. The van der Waals surface area contributed by atoms with E-state index in [4.69, 9.17) is 10.5 Å². The number of anilines is 1. The Bertz CT molecular complexity index is 586. The van der Waals surface area contributed by atoms with Crippen LogP contribution >= 0.6 is 11.8 Å². The van der Waals surface area contributed by atoms with Gasteiger partial charge in [0.25, 0.3) is 0 Å². The number of hydrogen-bond acceptors (Lipinski definition) is 3. The van der Waals surface area contributed by atoms with Gasteiger partial charge < -0.3 is 10.5 Å². The van der Waals surface area contributed by atoms with Crippen LogP contribution in [0.3, 0.4) is 0 Å². The number of ether oxygens (including phenoxy) is 1. The third-order valence-electron chi connectivity index (χ3n) is 2.97. The molecule has 0 aliphatic rings. The Balaban J connectivity index is 2.17. The fourth-order valence-corrected chi connectivity index (χ4v) is 2.81. The minimum absolute atomic E-state index is 0.280. The zero-order chi connectivity index (χ0) is 13.8. The highest BCUT2D eigenvalue weighted by Crippen LogP contribution is 2.31. The van der Waals surface area contributed by atoms with Crippen molar-refractivity contribution in [3.05, 3.63) is 53.3 Å². The molecule has 0 unspecified atom stereocenters. The summed E-state index contributed by atoms with van der Waals surface area (Å²) in [4.78, 5) is 1.07. The van der Waals surface area contributed by atoms with E-state index in [0.29, 0.717) is 11.3 Å². The maximum Gasteiger partial charge on any atom is 0.169 e. The Morgan fingerprint density at radius 3 is 2.68 bits per heavy atom. The summed E-state index contributed by atoms with van der Waals surface area (Å²) < 4.78 is 19.0. The highest BCUT2D eigenvalue weighted by Gasteiger charge is 2.09. The first kappa shape index (κ1) is 13.7. The maximum absolute atomic E-state index is 14.0. The second-order valence-corrected chi connectivity index (χ2v) is 5.21. The molecule has 0 spiro atoms. The Labute approximate surface area is 116 Å². The van der Waals surface area contributed by atoms with Gasteiger partial charge in [0.15, 0.2) is 11.6 Å². The summed E-state index contributed by atoms with van der Waals surface area (Å²) in [6.07, 6.45) is 0. The van der Waals surface area contributed by atoms with Crippen molar-refractivity contribution in [2.24, 2.45) is 0 Å². The second-order valence-electron chi connectivity index (χ2n) is 4.19. The van der Waals surface area contributed by atoms with Crippen LogP contribution in [-0.4, -0.2) is 7.11 Å². The second kappa shape index (κ2) is 5.97. The Kier molecular flexibility index (Phi) is 4.32. The van der Waals surface area contributed by atoms with E-state index < -0.39 is 0 Å². The first-order chi connectivity index (χ1) is 9.13. The quantitative estimate of drug-likeness (QED) is 0.677. The van der Waals surface area contributed by atoms with Crippen LogP contribution in [-0.2, 0) is 5.75 Å². The molecule has 4 heteroatoms. The van der Waals surface area contributed by atoms with Crippen molar-refractivity contribution < 1.29 is 9.13 Å². The molecule has 0 aliphatic heterocycles. The molecule has 2 N–H and O–H groups in total. The van der Waals surface area contributed by atoms with E-state index in [1.165, 1.54) is 7.11 Å². The van der Waals surface area contributed by atoms with Gasteiger partial charge in [0.1, 0.15) is 0 Å². The predicted octanol–water partition coefficient (Wildman–Crippen LogP) is 4.02. The smallest absolute Gasteiger partial charge is 0.169 e. The molecule has 0 amide bonds. The summed E-state index contributed by atoms with van der Waals surface area (Å²) in [5.74, 6) is 0.536. The summed E-state index contributed by atoms with van der Waals surface area (Å²) in [5, 5.41) is 0. The molecule has 100 valence electrons.